The van der Waals surface area contributed by atoms with Crippen molar-refractivity contribution in [3.63, 3.8) is 0 Å². The lowest BCUT2D eigenvalue weighted by Gasteiger charge is -2.34. The fourth-order valence-electron chi connectivity index (χ4n) is 2.24. The Balaban J connectivity index is 2.26. The molecule has 4 nitrogen and oxygen atoms in total. The van der Waals surface area contributed by atoms with Gasteiger partial charge in [0.2, 0.25) is 6.41 Å². The number of hydrogen-bond acceptors (Lipinski definition) is 3. The smallest absolute Gasteiger partial charge is 0.208 e. The summed E-state index contributed by atoms with van der Waals surface area (Å²) >= 11 is 0. The summed E-state index contributed by atoms with van der Waals surface area (Å²) < 4.78 is 0. The first-order chi connectivity index (χ1) is 7.13. The Bertz CT molecular complexity index is 188. The van der Waals surface area contributed by atoms with Crippen LogP contribution in [0.4, 0.5) is 0 Å². The summed E-state index contributed by atoms with van der Waals surface area (Å²) in [5.74, 6) is 1.42. The zero-order chi connectivity index (χ0) is 11.3. The standard InChI is InChI=1S/C11H23N3O/c1-8(2)6-9(3)10-4-5-11(12-7-15)14-13-10/h7-11,13-14H,4-6H2,1-3H3,(H,12,15). The molecule has 1 saturated heterocycles. The fraction of sp³-hybridized carbons (Fsp3) is 0.909. The largest absolute Gasteiger partial charge is 0.342 e. The molecule has 0 aromatic heterocycles. The maximum Gasteiger partial charge on any atom is 0.208 e. The zero-order valence-electron chi connectivity index (χ0n) is 9.92. The summed E-state index contributed by atoms with van der Waals surface area (Å²) in [6.45, 7) is 6.79. The van der Waals surface area contributed by atoms with Gasteiger partial charge in [0.05, 0.1) is 6.17 Å². The van der Waals surface area contributed by atoms with Crippen molar-refractivity contribution < 1.29 is 4.79 Å². The lowest BCUT2D eigenvalue weighted by molar-refractivity contribution is -0.110. The topological polar surface area (TPSA) is 53.2 Å². The van der Waals surface area contributed by atoms with Gasteiger partial charge in [-0.1, -0.05) is 20.8 Å². The van der Waals surface area contributed by atoms with E-state index in [1.807, 2.05) is 0 Å². The lowest BCUT2D eigenvalue weighted by Crippen LogP contribution is -2.58. The average molecular weight is 213 g/mol. The van der Waals surface area contributed by atoms with Gasteiger partial charge in [-0.25, -0.2) is 5.43 Å². The van der Waals surface area contributed by atoms with Gasteiger partial charge >= 0.3 is 0 Å². The number of carbonyl (C=O) groups is 1. The summed E-state index contributed by atoms with van der Waals surface area (Å²) in [5.41, 5.74) is 6.42. The van der Waals surface area contributed by atoms with Crippen LogP contribution in [0, 0.1) is 11.8 Å². The molecule has 0 radical (unpaired) electrons. The molecular weight excluding hydrogens is 190 g/mol. The van der Waals surface area contributed by atoms with Crippen LogP contribution in [0.1, 0.15) is 40.0 Å². The van der Waals surface area contributed by atoms with Crippen molar-refractivity contribution in [3.05, 3.63) is 0 Å². The van der Waals surface area contributed by atoms with Crippen LogP contribution in [0.25, 0.3) is 0 Å². The molecular formula is C11H23N3O. The summed E-state index contributed by atoms with van der Waals surface area (Å²) in [4.78, 5) is 10.3. The number of carbonyl (C=O) groups excluding carboxylic acids is 1. The van der Waals surface area contributed by atoms with E-state index in [2.05, 4.69) is 36.9 Å². The number of amides is 1. The second-order valence-electron chi connectivity index (χ2n) is 4.92. The highest BCUT2D eigenvalue weighted by molar-refractivity contribution is 5.46. The summed E-state index contributed by atoms with van der Waals surface area (Å²) in [7, 11) is 0. The highest BCUT2D eigenvalue weighted by Gasteiger charge is 2.24. The van der Waals surface area contributed by atoms with Crippen LogP contribution in [-0.4, -0.2) is 18.6 Å². The van der Waals surface area contributed by atoms with E-state index in [-0.39, 0.29) is 6.17 Å². The molecule has 0 saturated carbocycles. The van der Waals surface area contributed by atoms with Gasteiger partial charge in [-0.3, -0.25) is 10.2 Å². The van der Waals surface area contributed by atoms with Crippen LogP contribution >= 0.6 is 0 Å². The maximum absolute atomic E-state index is 10.3. The first kappa shape index (κ1) is 12.5. The zero-order valence-corrected chi connectivity index (χ0v) is 9.92. The Morgan fingerprint density at radius 3 is 2.53 bits per heavy atom. The normalized spacial score (nSPS) is 28.8. The molecule has 1 fully saturated rings. The van der Waals surface area contributed by atoms with Gasteiger partial charge in [0.25, 0.3) is 0 Å². The van der Waals surface area contributed by atoms with E-state index in [1.54, 1.807) is 0 Å². The predicted octanol–water partition coefficient (Wildman–Crippen LogP) is 0.997. The number of rotatable bonds is 5. The van der Waals surface area contributed by atoms with Gasteiger partial charge in [0.1, 0.15) is 0 Å². The molecule has 1 rings (SSSR count). The van der Waals surface area contributed by atoms with Crippen molar-refractivity contribution in [1.82, 2.24) is 16.2 Å². The average Bonchev–Trinajstić information content (AvgIpc) is 2.18. The molecule has 1 aliphatic rings. The highest BCUT2D eigenvalue weighted by Crippen LogP contribution is 2.20. The minimum atomic E-state index is 0.0880. The molecule has 0 spiro atoms. The van der Waals surface area contributed by atoms with Crippen LogP contribution in [0.3, 0.4) is 0 Å². The summed E-state index contributed by atoms with van der Waals surface area (Å²) in [6.07, 6.45) is 4.19. The van der Waals surface area contributed by atoms with Gasteiger partial charge in [0, 0.05) is 6.04 Å². The van der Waals surface area contributed by atoms with E-state index in [1.165, 1.54) is 6.42 Å². The quantitative estimate of drug-likeness (QED) is 0.597. The first-order valence-corrected chi connectivity index (χ1v) is 5.84. The fourth-order valence-corrected chi connectivity index (χ4v) is 2.24. The molecule has 0 aliphatic carbocycles. The van der Waals surface area contributed by atoms with Crippen molar-refractivity contribution in [1.29, 1.82) is 0 Å². The number of hydrogen-bond donors (Lipinski definition) is 3. The van der Waals surface area contributed by atoms with Crippen LogP contribution in [0.15, 0.2) is 0 Å². The minimum Gasteiger partial charge on any atom is -0.342 e. The van der Waals surface area contributed by atoms with Crippen molar-refractivity contribution in [2.75, 3.05) is 0 Å². The second kappa shape index (κ2) is 6.08. The van der Waals surface area contributed by atoms with Crippen LogP contribution < -0.4 is 16.2 Å². The van der Waals surface area contributed by atoms with Crippen LogP contribution in [-0.2, 0) is 4.79 Å². The Hall–Kier alpha value is -0.610. The molecule has 0 aromatic rings. The molecule has 88 valence electrons. The molecule has 3 unspecified atom stereocenters. The molecule has 1 aliphatic heterocycles. The summed E-state index contributed by atoms with van der Waals surface area (Å²) in [5, 5.41) is 2.73. The third-order valence-electron chi connectivity index (χ3n) is 3.01. The van der Waals surface area contributed by atoms with E-state index < -0.39 is 0 Å². The van der Waals surface area contributed by atoms with E-state index >= 15 is 0 Å². The maximum atomic E-state index is 10.3. The first-order valence-electron chi connectivity index (χ1n) is 5.84. The van der Waals surface area contributed by atoms with Gasteiger partial charge in [-0.15, -0.1) is 0 Å². The molecule has 0 aromatic carbocycles. The van der Waals surface area contributed by atoms with Crippen LogP contribution in [0.2, 0.25) is 0 Å². The third-order valence-corrected chi connectivity index (χ3v) is 3.01. The SMILES string of the molecule is CC(C)CC(C)C1CCC(NC=O)NN1. The Morgan fingerprint density at radius 2 is 2.07 bits per heavy atom. The van der Waals surface area contributed by atoms with Crippen molar-refractivity contribution >= 4 is 6.41 Å². The van der Waals surface area contributed by atoms with E-state index in [4.69, 9.17) is 0 Å². The van der Waals surface area contributed by atoms with Crippen LogP contribution in [0.5, 0.6) is 0 Å². The van der Waals surface area contributed by atoms with Crippen molar-refractivity contribution in [2.24, 2.45) is 11.8 Å². The lowest BCUT2D eigenvalue weighted by atomic mass is 9.89. The number of hydrazine groups is 1. The molecule has 0 bridgehead atoms. The molecule has 1 amide bonds. The predicted molar refractivity (Wildman–Crippen MR) is 60.9 cm³/mol. The molecule has 1 heterocycles. The van der Waals surface area contributed by atoms with Gasteiger partial charge in [0.15, 0.2) is 0 Å². The monoisotopic (exact) mass is 213 g/mol. The Labute approximate surface area is 92.2 Å². The van der Waals surface area contributed by atoms with Gasteiger partial charge in [-0.2, -0.15) is 0 Å². The Kier molecular flexibility index (Phi) is 5.05. The molecule has 3 N–H and O–H groups in total. The molecule has 15 heavy (non-hydrogen) atoms. The van der Waals surface area contributed by atoms with E-state index in [9.17, 15) is 4.79 Å². The Morgan fingerprint density at radius 1 is 1.33 bits per heavy atom. The van der Waals surface area contributed by atoms with Crippen molar-refractivity contribution in [2.45, 2.75) is 52.2 Å². The third kappa shape index (κ3) is 4.18. The van der Waals surface area contributed by atoms with Gasteiger partial charge < -0.3 is 5.32 Å². The van der Waals surface area contributed by atoms with E-state index in [0.29, 0.717) is 12.0 Å². The van der Waals surface area contributed by atoms with E-state index in [0.717, 1.165) is 25.2 Å². The van der Waals surface area contributed by atoms with Crippen molar-refractivity contribution in [3.8, 4) is 0 Å². The minimum absolute atomic E-state index is 0.0880. The molecule has 4 heteroatoms. The number of nitrogens with one attached hydrogen (secondary N) is 3. The highest BCUT2D eigenvalue weighted by atomic mass is 16.1. The molecule has 3 atom stereocenters. The second-order valence-corrected chi connectivity index (χ2v) is 4.92. The summed E-state index contributed by atoms with van der Waals surface area (Å²) in [6, 6.07) is 0.525. The van der Waals surface area contributed by atoms with Gasteiger partial charge in [-0.05, 0) is 31.1 Å².